The van der Waals surface area contributed by atoms with E-state index in [4.69, 9.17) is 5.73 Å². The van der Waals surface area contributed by atoms with Crippen LogP contribution in [-0.4, -0.2) is 16.9 Å². The number of nitro groups is 1. The molecule has 8 nitrogen and oxygen atoms in total. The van der Waals surface area contributed by atoms with Gasteiger partial charge in [-0.1, -0.05) is 19.3 Å². The van der Waals surface area contributed by atoms with E-state index in [0.717, 1.165) is 25.7 Å². The summed E-state index contributed by atoms with van der Waals surface area (Å²) >= 11 is 0. The Labute approximate surface area is 127 Å². The minimum absolute atomic E-state index is 0.0569. The zero-order valence-electron chi connectivity index (χ0n) is 12.2. The van der Waals surface area contributed by atoms with Crippen LogP contribution in [0.1, 0.15) is 32.1 Å². The van der Waals surface area contributed by atoms with Crippen LogP contribution < -0.4 is 21.5 Å². The summed E-state index contributed by atoms with van der Waals surface area (Å²) in [5.41, 5.74) is 8.50. The second-order valence-corrected chi connectivity index (χ2v) is 5.31. The molecule has 1 aromatic rings. The van der Waals surface area contributed by atoms with E-state index in [1.54, 1.807) is 24.3 Å². The molecule has 1 fully saturated rings. The lowest BCUT2D eigenvalue weighted by Gasteiger charge is -2.20. The first-order chi connectivity index (χ1) is 10.5. The van der Waals surface area contributed by atoms with Gasteiger partial charge in [0, 0.05) is 17.0 Å². The molecule has 0 heterocycles. The van der Waals surface area contributed by atoms with Crippen LogP contribution in [0, 0.1) is 16.0 Å². The average molecular weight is 306 g/mol. The van der Waals surface area contributed by atoms with Gasteiger partial charge in [0.2, 0.25) is 10.9 Å². The monoisotopic (exact) mass is 306 g/mol. The van der Waals surface area contributed by atoms with Crippen molar-refractivity contribution in [3.63, 3.8) is 0 Å². The fraction of sp³-hybridized carbons (Fsp3) is 0.429. The van der Waals surface area contributed by atoms with Crippen molar-refractivity contribution in [2.24, 2.45) is 11.7 Å². The number of rotatable bonds is 4. The number of nitrogens with one attached hydrogen (secondary N) is 3. The van der Waals surface area contributed by atoms with Gasteiger partial charge < -0.3 is 5.32 Å². The third-order valence-corrected chi connectivity index (χ3v) is 3.62. The maximum atomic E-state index is 12.1. The smallest absolute Gasteiger partial charge is 0.326 e. The maximum absolute atomic E-state index is 12.1. The molecule has 1 amide bonds. The highest BCUT2D eigenvalue weighted by atomic mass is 16.7. The van der Waals surface area contributed by atoms with Gasteiger partial charge in [0.15, 0.2) is 0 Å². The lowest BCUT2D eigenvalue weighted by Crippen LogP contribution is -2.74. The standard InChI is InChI=1S/C14H19N5O3/c15-14(18-19(21)22)17-12-8-6-11(7-9-12)16-13(20)10-4-2-1-3-5-10/h6-10H,1-5H2,(H,16,20)(H3,15,17,18)/p+1. The Morgan fingerprint density at radius 2 is 1.86 bits per heavy atom. The van der Waals surface area contributed by atoms with E-state index in [-0.39, 0.29) is 17.8 Å². The highest BCUT2D eigenvalue weighted by molar-refractivity contribution is 5.92. The van der Waals surface area contributed by atoms with Gasteiger partial charge in [0.25, 0.3) is 0 Å². The van der Waals surface area contributed by atoms with Crippen molar-refractivity contribution >= 4 is 23.2 Å². The Kier molecular flexibility index (Phi) is 5.29. The number of hydrogen-bond acceptors (Lipinski definition) is 3. The van der Waals surface area contributed by atoms with Gasteiger partial charge >= 0.3 is 5.96 Å². The molecule has 0 aliphatic heterocycles. The zero-order valence-corrected chi connectivity index (χ0v) is 12.2. The molecule has 118 valence electrons. The first kappa shape index (κ1) is 15.7. The van der Waals surface area contributed by atoms with Gasteiger partial charge in [-0.3, -0.25) is 10.5 Å². The van der Waals surface area contributed by atoms with Gasteiger partial charge in [-0.25, -0.2) is 15.1 Å². The van der Waals surface area contributed by atoms with Crippen LogP contribution in [0.4, 0.5) is 11.4 Å². The number of benzene rings is 1. The average Bonchev–Trinajstić information content (AvgIpc) is 2.49. The van der Waals surface area contributed by atoms with Gasteiger partial charge in [0.1, 0.15) is 0 Å². The van der Waals surface area contributed by atoms with Gasteiger partial charge in [-0.05, 0) is 37.1 Å². The molecule has 0 radical (unpaired) electrons. The molecule has 0 saturated heterocycles. The Hall–Kier alpha value is -2.64. The molecule has 1 aliphatic rings. The molecular formula is C14H20N5O3+. The van der Waals surface area contributed by atoms with Crippen LogP contribution in [0.5, 0.6) is 0 Å². The molecule has 0 atom stereocenters. The number of hydrazine groups is 1. The summed E-state index contributed by atoms with van der Waals surface area (Å²) in [6, 6.07) is 6.82. The fourth-order valence-corrected chi connectivity index (χ4v) is 2.53. The molecule has 1 aliphatic carbocycles. The van der Waals surface area contributed by atoms with Crippen LogP contribution in [-0.2, 0) is 4.79 Å². The second-order valence-electron chi connectivity index (χ2n) is 5.31. The molecule has 8 heteroatoms. The number of carbonyl (C=O) groups is 1. The van der Waals surface area contributed by atoms with Crippen molar-refractivity contribution < 1.29 is 14.8 Å². The van der Waals surface area contributed by atoms with Crippen molar-refractivity contribution in [2.45, 2.75) is 32.1 Å². The zero-order chi connectivity index (χ0) is 15.9. The third-order valence-electron chi connectivity index (χ3n) is 3.62. The van der Waals surface area contributed by atoms with Crippen molar-refractivity contribution in [2.75, 3.05) is 5.32 Å². The summed E-state index contributed by atoms with van der Waals surface area (Å²) in [5.74, 6) is -0.0229. The van der Waals surface area contributed by atoms with E-state index < -0.39 is 5.03 Å². The maximum Gasteiger partial charge on any atom is 0.408 e. The predicted molar refractivity (Wildman–Crippen MR) is 81.6 cm³/mol. The number of carbonyl (C=O) groups excluding carboxylic acids is 1. The van der Waals surface area contributed by atoms with E-state index in [1.807, 2.05) is 5.43 Å². The summed E-state index contributed by atoms with van der Waals surface area (Å²) in [4.78, 5) is 25.0. The molecule has 1 aromatic carbocycles. The van der Waals surface area contributed by atoms with E-state index >= 15 is 0 Å². The van der Waals surface area contributed by atoms with E-state index in [9.17, 15) is 14.9 Å². The van der Waals surface area contributed by atoms with Gasteiger partial charge in [0.05, 0.1) is 5.69 Å². The normalized spacial score (nSPS) is 16.1. The number of amides is 1. The number of hydrogen-bond donors (Lipinski definition) is 4. The van der Waals surface area contributed by atoms with Crippen LogP contribution >= 0.6 is 0 Å². The molecule has 0 bridgehead atoms. The summed E-state index contributed by atoms with van der Waals surface area (Å²) in [7, 11) is 0. The minimum atomic E-state index is -0.749. The number of nitrogens with zero attached hydrogens (tertiary/aromatic N) is 1. The fourth-order valence-electron chi connectivity index (χ4n) is 2.53. The SMILES string of the molecule is NC(N[N+](=O)[O-])=[NH+]c1ccc(NC(=O)C2CCCCC2)cc1. The number of guanidine groups is 1. The van der Waals surface area contributed by atoms with Crippen LogP contribution in [0.3, 0.4) is 0 Å². The Balaban J connectivity index is 1.94. The molecule has 0 spiro atoms. The van der Waals surface area contributed by atoms with Crippen molar-refractivity contribution in [3.05, 3.63) is 34.4 Å². The van der Waals surface area contributed by atoms with E-state index in [2.05, 4.69) is 10.3 Å². The highest BCUT2D eigenvalue weighted by Crippen LogP contribution is 2.25. The largest absolute Gasteiger partial charge is 0.408 e. The lowest BCUT2D eigenvalue weighted by molar-refractivity contribution is -0.536. The second kappa shape index (κ2) is 7.39. The van der Waals surface area contributed by atoms with Crippen molar-refractivity contribution in [1.82, 2.24) is 5.43 Å². The molecule has 1 saturated carbocycles. The van der Waals surface area contributed by atoms with E-state index in [1.165, 1.54) is 6.42 Å². The first-order valence-electron chi connectivity index (χ1n) is 7.26. The van der Waals surface area contributed by atoms with Gasteiger partial charge in [-0.15, -0.1) is 0 Å². The molecular weight excluding hydrogens is 286 g/mol. The molecule has 22 heavy (non-hydrogen) atoms. The summed E-state index contributed by atoms with van der Waals surface area (Å²) in [6.07, 6.45) is 5.33. The number of nitrogens with two attached hydrogens (primary N) is 1. The van der Waals surface area contributed by atoms with Crippen LogP contribution in [0.2, 0.25) is 0 Å². The van der Waals surface area contributed by atoms with Crippen LogP contribution in [0.25, 0.3) is 0 Å². The van der Waals surface area contributed by atoms with Crippen molar-refractivity contribution in [1.29, 1.82) is 0 Å². The summed E-state index contributed by atoms with van der Waals surface area (Å²) in [5, 5.41) is 12.4. The highest BCUT2D eigenvalue weighted by Gasteiger charge is 2.20. The number of anilines is 1. The first-order valence-corrected chi connectivity index (χ1v) is 7.26. The summed E-state index contributed by atoms with van der Waals surface area (Å²) in [6.45, 7) is 0. The van der Waals surface area contributed by atoms with Gasteiger partial charge in [-0.2, -0.15) is 0 Å². The topological polar surface area (TPSA) is 124 Å². The Morgan fingerprint density at radius 1 is 1.23 bits per heavy atom. The molecule has 5 N–H and O–H groups in total. The molecule has 0 aromatic heterocycles. The Morgan fingerprint density at radius 3 is 2.45 bits per heavy atom. The van der Waals surface area contributed by atoms with Crippen molar-refractivity contribution in [3.8, 4) is 0 Å². The third kappa shape index (κ3) is 4.72. The molecule has 0 unspecified atom stereocenters. The molecule has 2 rings (SSSR count). The lowest BCUT2D eigenvalue weighted by atomic mass is 9.88. The minimum Gasteiger partial charge on any atom is -0.326 e. The Bertz CT molecular complexity index is 564. The summed E-state index contributed by atoms with van der Waals surface area (Å²) < 4.78 is 0. The van der Waals surface area contributed by atoms with Crippen LogP contribution in [0.15, 0.2) is 24.3 Å². The predicted octanol–water partition coefficient (Wildman–Crippen LogP) is 0.0135. The quantitative estimate of drug-likeness (QED) is 0.270. The van der Waals surface area contributed by atoms with E-state index in [0.29, 0.717) is 11.4 Å².